The first-order valence-corrected chi connectivity index (χ1v) is 9.17. The summed E-state index contributed by atoms with van der Waals surface area (Å²) >= 11 is 5.88. The van der Waals surface area contributed by atoms with Crippen LogP contribution >= 0.6 is 11.6 Å². The number of benzene rings is 2. The van der Waals surface area contributed by atoms with Crippen LogP contribution in [-0.2, 0) is 19.1 Å². The van der Waals surface area contributed by atoms with Crippen molar-refractivity contribution in [2.24, 2.45) is 0 Å². The Morgan fingerprint density at radius 1 is 0.828 bits per heavy atom. The minimum atomic E-state index is -0.708. The van der Waals surface area contributed by atoms with E-state index < -0.39 is 24.4 Å². The zero-order valence-corrected chi connectivity index (χ0v) is 16.2. The summed E-state index contributed by atoms with van der Waals surface area (Å²) in [5, 5.41) is 2.94. The number of ether oxygens (including phenoxy) is 1. The Balaban J connectivity index is 1.59. The van der Waals surface area contributed by atoms with Crippen LogP contribution in [0, 0.1) is 0 Å². The number of carbonyl (C=O) groups excluding carboxylic acids is 4. The number of para-hydroxylation sites is 1. The first-order chi connectivity index (χ1) is 14.0. The van der Waals surface area contributed by atoms with Crippen LogP contribution in [0.2, 0.25) is 5.02 Å². The second-order valence-electron chi connectivity index (χ2n) is 5.91. The van der Waals surface area contributed by atoms with Gasteiger partial charge in [-0.2, -0.15) is 0 Å². The molecule has 2 aromatic rings. The van der Waals surface area contributed by atoms with Gasteiger partial charge in [0.15, 0.2) is 6.61 Å². The predicted octanol–water partition coefficient (Wildman–Crippen LogP) is 2.45. The topological polar surface area (TPSA) is 114 Å². The Hall–Kier alpha value is -3.39. The van der Waals surface area contributed by atoms with Crippen molar-refractivity contribution >= 4 is 41.0 Å². The van der Waals surface area contributed by atoms with E-state index in [4.69, 9.17) is 16.3 Å². The molecule has 0 radical (unpaired) electrons. The van der Waals surface area contributed by atoms with Gasteiger partial charge in [-0.25, -0.2) is 0 Å². The normalized spacial score (nSPS) is 9.97. The molecular formula is C20H20ClN3O5. The molecule has 2 aromatic carbocycles. The van der Waals surface area contributed by atoms with E-state index in [-0.39, 0.29) is 35.8 Å². The van der Waals surface area contributed by atoms with Crippen molar-refractivity contribution in [1.29, 1.82) is 0 Å². The molecule has 0 fully saturated rings. The van der Waals surface area contributed by atoms with E-state index in [1.807, 2.05) is 6.07 Å². The molecule has 2 rings (SSSR count). The number of hydrazine groups is 1. The van der Waals surface area contributed by atoms with Crippen molar-refractivity contribution in [2.75, 3.05) is 11.9 Å². The molecule has 0 aliphatic rings. The number of anilines is 1. The Kier molecular flexibility index (Phi) is 8.65. The number of rotatable bonds is 8. The molecule has 29 heavy (non-hydrogen) atoms. The summed E-state index contributed by atoms with van der Waals surface area (Å²) in [5.41, 5.74) is 5.18. The van der Waals surface area contributed by atoms with Gasteiger partial charge in [-0.1, -0.05) is 41.9 Å². The summed E-state index contributed by atoms with van der Waals surface area (Å²) < 4.78 is 4.81. The van der Waals surface area contributed by atoms with Gasteiger partial charge in [0.25, 0.3) is 11.8 Å². The molecule has 0 unspecified atom stereocenters. The number of hydrogen-bond donors (Lipinski definition) is 3. The highest BCUT2D eigenvalue weighted by molar-refractivity contribution is 6.33. The van der Waals surface area contributed by atoms with Crippen molar-refractivity contribution in [3.63, 3.8) is 0 Å². The SMILES string of the molecule is O=C(COC(=O)CCCC(=O)Nc1ccccc1)NNC(=O)c1ccccc1Cl. The number of carbonyl (C=O) groups is 4. The van der Waals surface area contributed by atoms with Crippen molar-refractivity contribution in [3.8, 4) is 0 Å². The van der Waals surface area contributed by atoms with Gasteiger partial charge in [-0.3, -0.25) is 30.0 Å². The van der Waals surface area contributed by atoms with Crippen LogP contribution in [0.3, 0.4) is 0 Å². The van der Waals surface area contributed by atoms with E-state index in [9.17, 15) is 19.2 Å². The second kappa shape index (κ2) is 11.5. The number of amides is 3. The number of esters is 1. The van der Waals surface area contributed by atoms with Crippen molar-refractivity contribution < 1.29 is 23.9 Å². The highest BCUT2D eigenvalue weighted by atomic mass is 35.5. The molecule has 0 aliphatic heterocycles. The summed E-state index contributed by atoms with van der Waals surface area (Å²) in [6, 6.07) is 15.3. The van der Waals surface area contributed by atoms with Crippen LogP contribution < -0.4 is 16.2 Å². The molecule has 9 heteroatoms. The van der Waals surface area contributed by atoms with E-state index >= 15 is 0 Å². The Labute approximate surface area is 172 Å². The highest BCUT2D eigenvalue weighted by Gasteiger charge is 2.12. The minimum absolute atomic E-state index is 0.0124. The monoisotopic (exact) mass is 417 g/mol. The average Bonchev–Trinajstić information content (AvgIpc) is 2.71. The van der Waals surface area contributed by atoms with Crippen molar-refractivity contribution in [3.05, 3.63) is 65.2 Å². The van der Waals surface area contributed by atoms with E-state index in [1.54, 1.807) is 42.5 Å². The smallest absolute Gasteiger partial charge is 0.306 e. The van der Waals surface area contributed by atoms with E-state index in [1.165, 1.54) is 6.07 Å². The standard InChI is InChI=1S/C20H20ClN3O5/c21-16-10-5-4-9-15(16)20(28)24-23-18(26)13-29-19(27)12-6-11-17(25)22-14-7-2-1-3-8-14/h1-5,7-10H,6,11-13H2,(H,22,25)(H,23,26)(H,24,28). The van der Waals surface area contributed by atoms with Crippen LogP contribution in [0.5, 0.6) is 0 Å². The fourth-order valence-corrected chi connectivity index (χ4v) is 2.45. The summed E-state index contributed by atoms with van der Waals surface area (Å²) in [4.78, 5) is 47.0. The van der Waals surface area contributed by atoms with Gasteiger partial charge >= 0.3 is 5.97 Å². The second-order valence-corrected chi connectivity index (χ2v) is 6.32. The molecule has 0 spiro atoms. The molecule has 3 amide bonds. The molecule has 0 bridgehead atoms. The van der Waals surface area contributed by atoms with Gasteiger partial charge in [0, 0.05) is 18.5 Å². The lowest BCUT2D eigenvalue weighted by Crippen LogP contribution is -2.43. The lowest BCUT2D eigenvalue weighted by molar-refractivity contribution is -0.148. The highest BCUT2D eigenvalue weighted by Crippen LogP contribution is 2.14. The Morgan fingerprint density at radius 3 is 2.24 bits per heavy atom. The van der Waals surface area contributed by atoms with Gasteiger partial charge in [0.2, 0.25) is 5.91 Å². The summed E-state index contributed by atoms with van der Waals surface area (Å²) in [7, 11) is 0. The summed E-state index contributed by atoms with van der Waals surface area (Å²) in [5.74, 6) is -2.14. The molecule has 152 valence electrons. The van der Waals surface area contributed by atoms with E-state index in [0.29, 0.717) is 5.69 Å². The number of halogens is 1. The van der Waals surface area contributed by atoms with Gasteiger partial charge < -0.3 is 10.1 Å². The molecule has 8 nitrogen and oxygen atoms in total. The maximum absolute atomic E-state index is 11.9. The Morgan fingerprint density at radius 2 is 1.52 bits per heavy atom. The lowest BCUT2D eigenvalue weighted by Gasteiger charge is -2.09. The van der Waals surface area contributed by atoms with Crippen LogP contribution in [0.25, 0.3) is 0 Å². The fourth-order valence-electron chi connectivity index (χ4n) is 2.23. The molecule has 0 atom stereocenters. The molecular weight excluding hydrogens is 398 g/mol. The lowest BCUT2D eigenvalue weighted by atomic mass is 10.2. The predicted molar refractivity (Wildman–Crippen MR) is 107 cm³/mol. The third-order valence-electron chi connectivity index (χ3n) is 3.64. The summed E-state index contributed by atoms with van der Waals surface area (Å²) in [6.07, 6.45) is 0.411. The van der Waals surface area contributed by atoms with Gasteiger partial charge in [0.1, 0.15) is 0 Å². The van der Waals surface area contributed by atoms with Gasteiger partial charge in [-0.05, 0) is 30.7 Å². The van der Waals surface area contributed by atoms with E-state index in [2.05, 4.69) is 16.2 Å². The molecule has 0 aliphatic carbocycles. The number of hydrogen-bond acceptors (Lipinski definition) is 5. The summed E-state index contributed by atoms with van der Waals surface area (Å²) in [6.45, 7) is -0.558. The molecule has 0 aromatic heterocycles. The maximum Gasteiger partial charge on any atom is 0.306 e. The molecule has 0 saturated carbocycles. The quantitative estimate of drug-likeness (QED) is 0.451. The largest absolute Gasteiger partial charge is 0.455 e. The Bertz CT molecular complexity index is 873. The zero-order valence-electron chi connectivity index (χ0n) is 15.4. The van der Waals surface area contributed by atoms with Crippen LogP contribution in [-0.4, -0.2) is 30.3 Å². The first-order valence-electron chi connectivity index (χ1n) is 8.80. The maximum atomic E-state index is 11.9. The van der Waals surface area contributed by atoms with Gasteiger partial charge in [-0.15, -0.1) is 0 Å². The third kappa shape index (κ3) is 8.02. The van der Waals surface area contributed by atoms with Crippen LogP contribution in [0.15, 0.2) is 54.6 Å². The van der Waals surface area contributed by atoms with Gasteiger partial charge in [0.05, 0.1) is 10.6 Å². The average molecular weight is 418 g/mol. The molecule has 3 N–H and O–H groups in total. The number of nitrogens with one attached hydrogen (secondary N) is 3. The molecule has 0 saturated heterocycles. The molecule has 0 heterocycles. The van der Waals surface area contributed by atoms with E-state index in [0.717, 1.165) is 0 Å². The van der Waals surface area contributed by atoms with Crippen molar-refractivity contribution in [1.82, 2.24) is 10.9 Å². The minimum Gasteiger partial charge on any atom is -0.455 e. The van der Waals surface area contributed by atoms with Crippen molar-refractivity contribution in [2.45, 2.75) is 19.3 Å². The first kappa shape index (κ1) is 21.9. The van der Waals surface area contributed by atoms with Crippen LogP contribution in [0.1, 0.15) is 29.6 Å². The third-order valence-corrected chi connectivity index (χ3v) is 3.97. The fraction of sp³-hybridized carbons (Fsp3) is 0.200. The van der Waals surface area contributed by atoms with Crippen LogP contribution in [0.4, 0.5) is 5.69 Å². The zero-order chi connectivity index (χ0) is 21.1.